The number of esters is 2. The van der Waals surface area contributed by atoms with Crippen LogP contribution in [0.25, 0.3) is 0 Å². The summed E-state index contributed by atoms with van der Waals surface area (Å²) < 4.78 is 10.6. The highest BCUT2D eigenvalue weighted by Gasteiger charge is 2.54. The van der Waals surface area contributed by atoms with E-state index < -0.39 is 5.41 Å². The standard InChI is InChI=1S/C17H30O4/c1-5-11-17(15(18)20-6-2,16(19)21-7-3)14-10-8-9-13(4)12-14/h13-14H,5-12H2,1-4H3. The molecule has 0 heterocycles. The average Bonchev–Trinajstić information content (AvgIpc) is 2.45. The van der Waals surface area contributed by atoms with Crippen molar-refractivity contribution < 1.29 is 19.1 Å². The van der Waals surface area contributed by atoms with E-state index in [1.54, 1.807) is 13.8 Å². The molecule has 2 unspecified atom stereocenters. The topological polar surface area (TPSA) is 52.6 Å². The quantitative estimate of drug-likeness (QED) is 0.531. The Bertz CT molecular complexity index is 333. The maximum Gasteiger partial charge on any atom is 0.323 e. The molecular weight excluding hydrogens is 268 g/mol. The van der Waals surface area contributed by atoms with Gasteiger partial charge in [-0.2, -0.15) is 0 Å². The lowest BCUT2D eigenvalue weighted by Gasteiger charge is -2.40. The van der Waals surface area contributed by atoms with Crippen molar-refractivity contribution in [3.63, 3.8) is 0 Å². The lowest BCUT2D eigenvalue weighted by molar-refractivity contribution is -0.179. The van der Waals surface area contributed by atoms with Crippen LogP contribution in [0.4, 0.5) is 0 Å². The monoisotopic (exact) mass is 298 g/mol. The molecule has 0 N–H and O–H groups in total. The maximum atomic E-state index is 12.7. The summed E-state index contributed by atoms with van der Waals surface area (Å²) in [6.07, 6.45) is 5.32. The van der Waals surface area contributed by atoms with Gasteiger partial charge in [-0.05, 0) is 44.9 Å². The smallest absolute Gasteiger partial charge is 0.323 e. The zero-order chi connectivity index (χ0) is 15.9. The molecule has 0 aromatic heterocycles. The molecule has 0 spiro atoms. The van der Waals surface area contributed by atoms with E-state index >= 15 is 0 Å². The van der Waals surface area contributed by atoms with Crippen molar-refractivity contribution in [1.82, 2.24) is 0 Å². The van der Waals surface area contributed by atoms with Crippen LogP contribution in [-0.4, -0.2) is 25.2 Å². The molecular formula is C17H30O4. The fourth-order valence-corrected chi connectivity index (χ4v) is 3.62. The van der Waals surface area contributed by atoms with Crippen LogP contribution in [0.3, 0.4) is 0 Å². The second kappa shape index (κ2) is 8.40. The average molecular weight is 298 g/mol. The predicted molar refractivity (Wildman–Crippen MR) is 81.7 cm³/mol. The van der Waals surface area contributed by atoms with Gasteiger partial charge in [-0.3, -0.25) is 9.59 Å². The van der Waals surface area contributed by atoms with Gasteiger partial charge in [0.05, 0.1) is 13.2 Å². The maximum absolute atomic E-state index is 12.7. The Morgan fingerprint density at radius 1 is 1.05 bits per heavy atom. The van der Waals surface area contributed by atoms with Crippen LogP contribution >= 0.6 is 0 Å². The van der Waals surface area contributed by atoms with E-state index in [1.807, 2.05) is 6.92 Å². The SMILES string of the molecule is CCCC(C(=O)OCC)(C(=O)OCC)C1CCCC(C)C1. The van der Waals surface area contributed by atoms with Gasteiger partial charge < -0.3 is 9.47 Å². The third-order valence-electron chi connectivity index (χ3n) is 4.56. The van der Waals surface area contributed by atoms with Crippen LogP contribution in [0.5, 0.6) is 0 Å². The van der Waals surface area contributed by atoms with Crippen molar-refractivity contribution in [2.45, 2.75) is 66.2 Å². The molecule has 1 aliphatic carbocycles. The van der Waals surface area contributed by atoms with Crippen molar-refractivity contribution in [2.75, 3.05) is 13.2 Å². The third-order valence-corrected chi connectivity index (χ3v) is 4.56. The van der Waals surface area contributed by atoms with Gasteiger partial charge in [-0.25, -0.2) is 0 Å². The normalized spacial score (nSPS) is 22.7. The molecule has 0 aromatic carbocycles. The Morgan fingerprint density at radius 2 is 1.62 bits per heavy atom. The molecule has 1 rings (SSSR count). The summed E-state index contributed by atoms with van der Waals surface area (Å²) in [5.41, 5.74) is -1.10. The minimum atomic E-state index is -1.10. The lowest BCUT2D eigenvalue weighted by Crippen LogP contribution is -2.49. The molecule has 0 aliphatic heterocycles. The summed E-state index contributed by atoms with van der Waals surface area (Å²) in [5, 5.41) is 0. The van der Waals surface area contributed by atoms with E-state index in [0.29, 0.717) is 25.6 Å². The van der Waals surface area contributed by atoms with Gasteiger partial charge in [0.1, 0.15) is 0 Å². The van der Waals surface area contributed by atoms with Crippen molar-refractivity contribution >= 4 is 11.9 Å². The molecule has 122 valence electrons. The second-order valence-electron chi connectivity index (χ2n) is 6.13. The minimum absolute atomic E-state index is 0.0410. The van der Waals surface area contributed by atoms with Crippen molar-refractivity contribution in [2.24, 2.45) is 17.3 Å². The van der Waals surface area contributed by atoms with Crippen molar-refractivity contribution in [3.05, 3.63) is 0 Å². The van der Waals surface area contributed by atoms with Crippen LogP contribution in [-0.2, 0) is 19.1 Å². The van der Waals surface area contributed by atoms with E-state index in [4.69, 9.17) is 9.47 Å². The molecule has 4 heteroatoms. The Kier molecular flexibility index (Phi) is 7.20. The number of hydrogen-bond donors (Lipinski definition) is 0. The summed E-state index contributed by atoms with van der Waals surface area (Å²) in [4.78, 5) is 25.3. The minimum Gasteiger partial charge on any atom is -0.465 e. The van der Waals surface area contributed by atoms with Gasteiger partial charge in [0.15, 0.2) is 5.41 Å². The predicted octanol–water partition coefficient (Wildman–Crippen LogP) is 3.73. The number of ether oxygens (including phenoxy) is 2. The summed E-state index contributed by atoms with van der Waals surface area (Å²) in [5.74, 6) is -0.183. The molecule has 1 saturated carbocycles. The lowest BCUT2D eigenvalue weighted by atomic mass is 9.64. The van der Waals surface area contributed by atoms with Gasteiger partial charge in [-0.15, -0.1) is 0 Å². The summed E-state index contributed by atoms with van der Waals surface area (Å²) in [6, 6.07) is 0. The molecule has 1 fully saturated rings. The zero-order valence-corrected chi connectivity index (χ0v) is 13.9. The van der Waals surface area contributed by atoms with E-state index in [2.05, 4.69) is 6.92 Å². The molecule has 0 saturated heterocycles. The van der Waals surface area contributed by atoms with Gasteiger partial charge >= 0.3 is 11.9 Å². The fraction of sp³-hybridized carbons (Fsp3) is 0.882. The highest BCUT2D eigenvalue weighted by atomic mass is 16.6. The number of hydrogen-bond acceptors (Lipinski definition) is 4. The molecule has 0 amide bonds. The van der Waals surface area contributed by atoms with Crippen LogP contribution in [0.2, 0.25) is 0 Å². The number of carbonyl (C=O) groups excluding carboxylic acids is 2. The first-order valence-corrected chi connectivity index (χ1v) is 8.37. The first-order valence-electron chi connectivity index (χ1n) is 8.37. The summed E-state index contributed by atoms with van der Waals surface area (Å²) in [6.45, 7) is 8.35. The highest BCUT2D eigenvalue weighted by molar-refractivity contribution is 6.00. The number of rotatable bonds is 7. The Morgan fingerprint density at radius 3 is 2.05 bits per heavy atom. The van der Waals surface area contributed by atoms with Crippen molar-refractivity contribution in [1.29, 1.82) is 0 Å². The van der Waals surface area contributed by atoms with E-state index in [1.165, 1.54) is 6.42 Å². The second-order valence-corrected chi connectivity index (χ2v) is 6.13. The first-order chi connectivity index (χ1) is 10.0. The Balaban J connectivity index is 3.14. The first kappa shape index (κ1) is 18.0. The van der Waals surface area contributed by atoms with Gasteiger partial charge in [0, 0.05) is 0 Å². The van der Waals surface area contributed by atoms with Gasteiger partial charge in [0.25, 0.3) is 0 Å². The molecule has 2 atom stereocenters. The van der Waals surface area contributed by atoms with Crippen LogP contribution in [0.1, 0.15) is 66.2 Å². The van der Waals surface area contributed by atoms with E-state index in [0.717, 1.165) is 25.7 Å². The summed E-state index contributed by atoms with van der Waals surface area (Å²) in [7, 11) is 0. The summed E-state index contributed by atoms with van der Waals surface area (Å²) >= 11 is 0. The van der Waals surface area contributed by atoms with E-state index in [-0.39, 0.29) is 17.9 Å². The molecule has 1 aliphatic rings. The Labute approximate surface area is 128 Å². The van der Waals surface area contributed by atoms with Crippen LogP contribution < -0.4 is 0 Å². The van der Waals surface area contributed by atoms with Crippen molar-refractivity contribution in [3.8, 4) is 0 Å². The molecule has 0 radical (unpaired) electrons. The number of carbonyl (C=O) groups is 2. The van der Waals surface area contributed by atoms with Gasteiger partial charge in [-0.1, -0.05) is 33.1 Å². The highest BCUT2D eigenvalue weighted by Crippen LogP contribution is 2.45. The largest absolute Gasteiger partial charge is 0.465 e. The molecule has 4 nitrogen and oxygen atoms in total. The van der Waals surface area contributed by atoms with Crippen LogP contribution in [0.15, 0.2) is 0 Å². The third kappa shape index (κ3) is 3.98. The van der Waals surface area contributed by atoms with Crippen LogP contribution in [0, 0.1) is 17.3 Å². The Hall–Kier alpha value is -1.06. The van der Waals surface area contributed by atoms with Gasteiger partial charge in [0.2, 0.25) is 0 Å². The van der Waals surface area contributed by atoms with E-state index in [9.17, 15) is 9.59 Å². The molecule has 0 aromatic rings. The molecule has 21 heavy (non-hydrogen) atoms. The zero-order valence-electron chi connectivity index (χ0n) is 13.9. The fourth-order valence-electron chi connectivity index (χ4n) is 3.62. The molecule has 0 bridgehead atoms.